The van der Waals surface area contributed by atoms with Crippen molar-refractivity contribution in [3.63, 3.8) is 0 Å². The largest absolute Gasteiger partial charge is 0.350 e. The van der Waals surface area contributed by atoms with Crippen LogP contribution in [0.25, 0.3) is 6.08 Å². The highest BCUT2D eigenvalue weighted by molar-refractivity contribution is 6.31. The van der Waals surface area contributed by atoms with Gasteiger partial charge in [-0.2, -0.15) is 5.10 Å². The summed E-state index contributed by atoms with van der Waals surface area (Å²) in [5.41, 5.74) is 3.98. The molecule has 1 saturated carbocycles. The van der Waals surface area contributed by atoms with Crippen molar-refractivity contribution in [1.82, 2.24) is 15.1 Å². The molecule has 1 aromatic carbocycles. The number of aryl methyl sites for hydroxylation is 2. The van der Waals surface area contributed by atoms with Crippen molar-refractivity contribution in [2.75, 3.05) is 0 Å². The van der Waals surface area contributed by atoms with Crippen molar-refractivity contribution >= 4 is 23.6 Å². The number of nitrogens with one attached hydrogen (secondary N) is 1. The van der Waals surface area contributed by atoms with Gasteiger partial charge in [-0.25, -0.2) is 4.68 Å². The van der Waals surface area contributed by atoms with Gasteiger partial charge < -0.3 is 5.32 Å². The summed E-state index contributed by atoms with van der Waals surface area (Å²) in [5.74, 6) is -0.0748. The van der Waals surface area contributed by atoms with Crippen LogP contribution < -0.4 is 5.32 Å². The second kappa shape index (κ2) is 6.59. The van der Waals surface area contributed by atoms with Crippen LogP contribution >= 0.6 is 11.6 Å². The molecule has 1 aliphatic rings. The zero-order valence-electron chi connectivity index (χ0n) is 13.3. The summed E-state index contributed by atoms with van der Waals surface area (Å²) >= 11 is 6.43. The Balaban J connectivity index is 1.74. The molecule has 1 amide bonds. The lowest BCUT2D eigenvalue weighted by atomic mass is 10.1. The van der Waals surface area contributed by atoms with Crippen molar-refractivity contribution < 1.29 is 4.79 Å². The van der Waals surface area contributed by atoms with Gasteiger partial charge >= 0.3 is 0 Å². The van der Waals surface area contributed by atoms with E-state index in [1.165, 1.54) is 11.6 Å². The van der Waals surface area contributed by atoms with Gasteiger partial charge in [0, 0.05) is 17.7 Å². The third-order valence-electron chi connectivity index (χ3n) is 3.89. The highest BCUT2D eigenvalue weighted by Crippen LogP contribution is 2.23. The van der Waals surface area contributed by atoms with Crippen molar-refractivity contribution in [3.05, 3.63) is 57.9 Å². The second-order valence-electron chi connectivity index (χ2n) is 6.05. The summed E-state index contributed by atoms with van der Waals surface area (Å²) in [6.07, 6.45) is 5.43. The number of aromatic nitrogens is 2. The van der Waals surface area contributed by atoms with Crippen LogP contribution in [-0.4, -0.2) is 21.7 Å². The molecular formula is C18H20ClN3O. The van der Waals surface area contributed by atoms with Crippen molar-refractivity contribution in [1.29, 1.82) is 0 Å². The predicted molar refractivity (Wildman–Crippen MR) is 92.5 cm³/mol. The third-order valence-corrected chi connectivity index (χ3v) is 4.29. The Bertz CT molecular complexity index is 742. The summed E-state index contributed by atoms with van der Waals surface area (Å²) in [7, 11) is 0. The van der Waals surface area contributed by atoms with E-state index in [2.05, 4.69) is 41.6 Å². The highest BCUT2D eigenvalue weighted by Gasteiger charge is 2.22. The highest BCUT2D eigenvalue weighted by atomic mass is 35.5. The fraction of sp³-hybridized carbons (Fsp3) is 0.333. The molecule has 0 spiro atoms. The van der Waals surface area contributed by atoms with E-state index < -0.39 is 0 Å². The van der Waals surface area contributed by atoms with E-state index in [0.717, 1.165) is 29.7 Å². The van der Waals surface area contributed by atoms with Crippen LogP contribution in [0.3, 0.4) is 0 Å². The predicted octanol–water partition coefficient (Wildman–Crippen LogP) is 3.49. The Morgan fingerprint density at radius 1 is 1.35 bits per heavy atom. The summed E-state index contributed by atoms with van der Waals surface area (Å²) < 4.78 is 1.76. The van der Waals surface area contributed by atoms with Gasteiger partial charge in [0.15, 0.2) is 0 Å². The summed E-state index contributed by atoms with van der Waals surface area (Å²) in [6.45, 7) is 4.57. The molecular weight excluding hydrogens is 310 g/mol. The molecule has 1 aliphatic carbocycles. The van der Waals surface area contributed by atoms with E-state index in [9.17, 15) is 4.79 Å². The molecule has 0 saturated heterocycles. The molecule has 0 aliphatic heterocycles. The Morgan fingerprint density at radius 3 is 2.70 bits per heavy atom. The fourth-order valence-electron chi connectivity index (χ4n) is 2.36. The molecule has 0 unspecified atom stereocenters. The lowest BCUT2D eigenvalue weighted by molar-refractivity contribution is -0.116. The van der Waals surface area contributed by atoms with Crippen LogP contribution in [0.4, 0.5) is 0 Å². The van der Waals surface area contributed by atoms with E-state index in [1.807, 2.05) is 6.92 Å². The van der Waals surface area contributed by atoms with Crippen LogP contribution in [-0.2, 0) is 11.3 Å². The molecule has 23 heavy (non-hydrogen) atoms. The first-order valence-corrected chi connectivity index (χ1v) is 8.18. The summed E-state index contributed by atoms with van der Waals surface area (Å²) in [5, 5.41) is 7.95. The maximum absolute atomic E-state index is 11.8. The molecule has 120 valence electrons. The van der Waals surface area contributed by atoms with E-state index in [0.29, 0.717) is 17.7 Å². The first-order valence-electron chi connectivity index (χ1n) is 7.80. The molecule has 1 fully saturated rings. The number of carbonyl (C=O) groups excluding carboxylic acids is 1. The van der Waals surface area contributed by atoms with Gasteiger partial charge in [-0.1, -0.05) is 41.4 Å². The van der Waals surface area contributed by atoms with Gasteiger partial charge in [0.25, 0.3) is 0 Å². The smallest absolute Gasteiger partial charge is 0.244 e. The van der Waals surface area contributed by atoms with Gasteiger partial charge in [0.05, 0.1) is 12.2 Å². The second-order valence-corrected chi connectivity index (χ2v) is 6.41. The molecule has 2 aromatic rings. The Hall–Kier alpha value is -2.07. The summed E-state index contributed by atoms with van der Waals surface area (Å²) in [4.78, 5) is 11.8. The maximum atomic E-state index is 11.8. The molecule has 1 heterocycles. The third kappa shape index (κ3) is 4.02. The lowest BCUT2D eigenvalue weighted by Gasteiger charge is -2.04. The first kappa shape index (κ1) is 15.8. The Labute approximate surface area is 141 Å². The van der Waals surface area contributed by atoms with Gasteiger partial charge in [-0.15, -0.1) is 0 Å². The van der Waals surface area contributed by atoms with E-state index in [1.54, 1.807) is 10.8 Å². The van der Waals surface area contributed by atoms with E-state index >= 15 is 0 Å². The number of amides is 1. The average molecular weight is 330 g/mol. The lowest BCUT2D eigenvalue weighted by Crippen LogP contribution is -2.22. The van der Waals surface area contributed by atoms with Crippen LogP contribution in [0.15, 0.2) is 30.3 Å². The summed E-state index contributed by atoms with van der Waals surface area (Å²) in [6, 6.07) is 8.64. The number of rotatable bonds is 5. The molecule has 4 nitrogen and oxygen atoms in total. The van der Waals surface area contributed by atoms with E-state index in [-0.39, 0.29) is 5.91 Å². The zero-order valence-corrected chi connectivity index (χ0v) is 14.1. The minimum atomic E-state index is -0.0748. The van der Waals surface area contributed by atoms with Crippen molar-refractivity contribution in [2.24, 2.45) is 0 Å². The standard InChI is InChI=1S/C18H20ClN3O/c1-12-3-5-14(6-4-12)11-22-18(19)16(13(2)21-22)9-10-17(23)20-15-7-8-15/h3-6,9-10,15H,7-8,11H2,1-2H3,(H,20,23)/b10-9+. The number of carbonyl (C=O) groups is 1. The fourth-order valence-corrected chi connectivity index (χ4v) is 2.66. The molecule has 0 atom stereocenters. The number of halogens is 1. The number of benzene rings is 1. The van der Waals surface area contributed by atoms with Gasteiger partial charge in [0.1, 0.15) is 5.15 Å². The molecule has 1 aromatic heterocycles. The van der Waals surface area contributed by atoms with Crippen LogP contribution in [0, 0.1) is 13.8 Å². The maximum Gasteiger partial charge on any atom is 0.244 e. The molecule has 5 heteroatoms. The number of hydrogen-bond donors (Lipinski definition) is 1. The SMILES string of the molecule is Cc1ccc(Cn2nc(C)c(/C=C/C(=O)NC3CC3)c2Cl)cc1. The Kier molecular flexibility index (Phi) is 4.53. The minimum absolute atomic E-state index is 0.0748. The number of hydrogen-bond acceptors (Lipinski definition) is 2. The quantitative estimate of drug-likeness (QED) is 0.853. The van der Waals surface area contributed by atoms with Crippen LogP contribution in [0.1, 0.15) is 35.2 Å². The average Bonchev–Trinajstić information content (AvgIpc) is 3.28. The monoisotopic (exact) mass is 329 g/mol. The Morgan fingerprint density at radius 2 is 2.04 bits per heavy atom. The molecule has 3 rings (SSSR count). The van der Waals surface area contributed by atoms with Crippen LogP contribution in [0.2, 0.25) is 5.15 Å². The number of nitrogens with zero attached hydrogens (tertiary/aromatic N) is 2. The molecule has 0 radical (unpaired) electrons. The van der Waals surface area contributed by atoms with Gasteiger partial charge in [-0.3, -0.25) is 4.79 Å². The molecule has 1 N–H and O–H groups in total. The van der Waals surface area contributed by atoms with Crippen molar-refractivity contribution in [2.45, 2.75) is 39.3 Å². The topological polar surface area (TPSA) is 46.9 Å². The van der Waals surface area contributed by atoms with E-state index in [4.69, 9.17) is 11.6 Å². The van der Waals surface area contributed by atoms with Gasteiger partial charge in [0.2, 0.25) is 5.91 Å². The minimum Gasteiger partial charge on any atom is -0.350 e. The van der Waals surface area contributed by atoms with Crippen LogP contribution in [0.5, 0.6) is 0 Å². The zero-order chi connectivity index (χ0) is 16.4. The molecule has 0 bridgehead atoms. The first-order chi connectivity index (χ1) is 11.0. The van der Waals surface area contributed by atoms with Gasteiger partial charge in [-0.05, 0) is 38.3 Å². The normalized spacial score (nSPS) is 14.4. The van der Waals surface area contributed by atoms with Crippen molar-refractivity contribution in [3.8, 4) is 0 Å².